The molecule has 4 nitrogen and oxygen atoms in total. The van der Waals surface area contributed by atoms with Gasteiger partial charge in [0.1, 0.15) is 5.60 Å². The Morgan fingerprint density at radius 1 is 1.29 bits per heavy atom. The Labute approximate surface area is 102 Å². The summed E-state index contributed by atoms with van der Waals surface area (Å²) in [6.07, 6.45) is -0.742. The van der Waals surface area contributed by atoms with Gasteiger partial charge in [0.2, 0.25) is 0 Å². The normalized spacial score (nSPS) is 13.0. The molecule has 94 valence electrons. The van der Waals surface area contributed by atoms with Crippen LogP contribution in [0.3, 0.4) is 0 Å². The summed E-state index contributed by atoms with van der Waals surface area (Å²) in [7, 11) is 0. The summed E-state index contributed by atoms with van der Waals surface area (Å²) in [5.41, 5.74) is 0.231. The zero-order valence-corrected chi connectivity index (χ0v) is 10.7. The van der Waals surface area contributed by atoms with Gasteiger partial charge < -0.3 is 4.74 Å². The molecule has 1 aromatic rings. The van der Waals surface area contributed by atoms with Gasteiger partial charge in [0, 0.05) is 0 Å². The third kappa shape index (κ3) is 4.07. The summed E-state index contributed by atoms with van der Waals surface area (Å²) in [6.45, 7) is 7.00. The first-order valence-corrected chi connectivity index (χ1v) is 5.57. The van der Waals surface area contributed by atoms with E-state index in [1.54, 1.807) is 27.7 Å². The zero-order valence-electron chi connectivity index (χ0n) is 10.7. The van der Waals surface area contributed by atoms with E-state index in [2.05, 4.69) is 0 Å². The Morgan fingerprint density at radius 2 is 1.82 bits per heavy atom. The number of benzene rings is 1. The molecule has 1 atom stereocenters. The molecule has 0 aliphatic rings. The second kappa shape index (κ2) is 5.19. The largest absolute Gasteiger partial charge is 0.442 e. The fourth-order valence-electron chi connectivity index (χ4n) is 1.34. The lowest BCUT2D eigenvalue weighted by atomic mass is 10.1. The average Bonchev–Trinajstić information content (AvgIpc) is 2.26. The molecule has 0 bridgehead atoms. The summed E-state index contributed by atoms with van der Waals surface area (Å²) < 4.78 is 5.08. The molecule has 1 amide bonds. The van der Waals surface area contributed by atoms with Gasteiger partial charge in [-0.05, 0) is 33.3 Å². The first-order chi connectivity index (χ1) is 7.81. The molecule has 0 radical (unpaired) electrons. The SMILES string of the molecule is C[C@H](c1ccccc1)N(O)C(=O)OC(C)(C)C. The molecule has 0 heterocycles. The van der Waals surface area contributed by atoms with Crippen molar-refractivity contribution >= 4 is 6.09 Å². The number of nitrogens with zero attached hydrogens (tertiary/aromatic N) is 1. The number of rotatable bonds is 2. The molecule has 17 heavy (non-hydrogen) atoms. The number of hydrogen-bond donors (Lipinski definition) is 1. The van der Waals surface area contributed by atoms with Crippen LogP contribution in [0.25, 0.3) is 0 Å². The number of hydrogen-bond acceptors (Lipinski definition) is 3. The quantitative estimate of drug-likeness (QED) is 0.633. The van der Waals surface area contributed by atoms with E-state index in [9.17, 15) is 10.0 Å². The van der Waals surface area contributed by atoms with Gasteiger partial charge in [0.15, 0.2) is 0 Å². The molecule has 0 spiro atoms. The minimum absolute atomic E-state index is 0.439. The van der Waals surface area contributed by atoms with E-state index >= 15 is 0 Å². The van der Waals surface area contributed by atoms with Crippen molar-refractivity contribution < 1.29 is 14.7 Å². The number of ether oxygens (including phenoxy) is 1. The number of hydroxylamine groups is 2. The van der Waals surface area contributed by atoms with Gasteiger partial charge in [-0.2, -0.15) is 5.06 Å². The number of carbonyl (C=O) groups excluding carboxylic acids is 1. The number of carbonyl (C=O) groups is 1. The minimum Gasteiger partial charge on any atom is -0.442 e. The molecular formula is C13H19NO3. The molecule has 0 saturated carbocycles. The monoisotopic (exact) mass is 237 g/mol. The lowest BCUT2D eigenvalue weighted by molar-refractivity contribution is -0.117. The van der Waals surface area contributed by atoms with Gasteiger partial charge in [-0.1, -0.05) is 30.3 Å². The van der Waals surface area contributed by atoms with Crippen molar-refractivity contribution in [1.29, 1.82) is 0 Å². The standard InChI is InChI=1S/C13H19NO3/c1-10(11-8-6-5-7-9-11)14(16)12(15)17-13(2,3)4/h5-10,16H,1-4H3/t10-/m1/s1. The van der Waals surface area contributed by atoms with Gasteiger partial charge in [-0.15, -0.1) is 0 Å². The smallest absolute Gasteiger partial charge is 0.434 e. The highest BCUT2D eigenvalue weighted by atomic mass is 16.6. The van der Waals surface area contributed by atoms with E-state index in [1.807, 2.05) is 30.3 Å². The molecule has 0 aromatic heterocycles. The molecular weight excluding hydrogens is 218 g/mol. The lowest BCUT2D eigenvalue weighted by Gasteiger charge is -2.27. The second-order valence-corrected chi connectivity index (χ2v) is 4.91. The maximum Gasteiger partial charge on any atom is 0.434 e. The maximum atomic E-state index is 11.6. The summed E-state index contributed by atoms with van der Waals surface area (Å²) in [5, 5.41) is 10.4. The van der Waals surface area contributed by atoms with Crippen molar-refractivity contribution in [2.24, 2.45) is 0 Å². The van der Waals surface area contributed by atoms with Crippen LogP contribution in [0, 0.1) is 0 Å². The molecule has 4 heteroatoms. The summed E-state index contributed by atoms with van der Waals surface area (Å²) in [4.78, 5) is 11.6. The first kappa shape index (κ1) is 13.5. The van der Waals surface area contributed by atoms with Crippen LogP contribution in [-0.4, -0.2) is 22.0 Å². The van der Waals surface area contributed by atoms with E-state index in [1.165, 1.54) is 0 Å². The Morgan fingerprint density at radius 3 is 2.29 bits per heavy atom. The van der Waals surface area contributed by atoms with Crippen LogP contribution in [0.1, 0.15) is 39.3 Å². The Bertz CT molecular complexity index is 370. The zero-order chi connectivity index (χ0) is 13.1. The summed E-state index contributed by atoms with van der Waals surface area (Å²) in [6, 6.07) is 8.84. The summed E-state index contributed by atoms with van der Waals surface area (Å²) >= 11 is 0. The molecule has 0 fully saturated rings. The molecule has 1 rings (SSSR count). The van der Waals surface area contributed by atoms with Crippen LogP contribution in [-0.2, 0) is 4.74 Å². The number of amides is 1. The third-order valence-corrected chi connectivity index (χ3v) is 2.23. The van der Waals surface area contributed by atoms with Crippen molar-refractivity contribution in [2.45, 2.75) is 39.3 Å². The van der Waals surface area contributed by atoms with Crippen molar-refractivity contribution in [3.8, 4) is 0 Å². The highest BCUT2D eigenvalue weighted by molar-refractivity contribution is 5.67. The first-order valence-electron chi connectivity index (χ1n) is 5.57. The van der Waals surface area contributed by atoms with Crippen molar-refractivity contribution in [1.82, 2.24) is 5.06 Å². The fourth-order valence-corrected chi connectivity index (χ4v) is 1.34. The minimum atomic E-state index is -0.742. The average molecular weight is 237 g/mol. The summed E-state index contributed by atoms with van der Waals surface area (Å²) in [5.74, 6) is 0. The van der Waals surface area contributed by atoms with Gasteiger partial charge >= 0.3 is 6.09 Å². The Hall–Kier alpha value is -1.55. The van der Waals surface area contributed by atoms with Crippen LogP contribution < -0.4 is 0 Å². The molecule has 1 aromatic carbocycles. The van der Waals surface area contributed by atoms with Crippen LogP contribution in [0.4, 0.5) is 4.79 Å². The molecule has 1 N–H and O–H groups in total. The van der Waals surface area contributed by atoms with E-state index in [0.717, 1.165) is 5.56 Å². The second-order valence-electron chi connectivity index (χ2n) is 4.91. The molecule has 0 unspecified atom stereocenters. The van der Waals surface area contributed by atoms with Crippen LogP contribution in [0.5, 0.6) is 0 Å². The highest BCUT2D eigenvalue weighted by Crippen LogP contribution is 2.20. The predicted octanol–water partition coefficient (Wildman–Crippen LogP) is 3.37. The van der Waals surface area contributed by atoms with E-state index < -0.39 is 17.7 Å². The maximum absolute atomic E-state index is 11.6. The van der Waals surface area contributed by atoms with Gasteiger partial charge in [-0.25, -0.2) is 4.79 Å². The van der Waals surface area contributed by atoms with Crippen LogP contribution in [0.15, 0.2) is 30.3 Å². The van der Waals surface area contributed by atoms with Crippen molar-refractivity contribution in [3.05, 3.63) is 35.9 Å². The van der Waals surface area contributed by atoms with Crippen LogP contribution >= 0.6 is 0 Å². The van der Waals surface area contributed by atoms with Gasteiger partial charge in [-0.3, -0.25) is 5.21 Å². The molecule has 0 aliphatic heterocycles. The fraction of sp³-hybridized carbons (Fsp3) is 0.462. The predicted molar refractivity (Wildman–Crippen MR) is 64.7 cm³/mol. The van der Waals surface area contributed by atoms with E-state index in [0.29, 0.717) is 5.06 Å². The lowest BCUT2D eigenvalue weighted by Crippen LogP contribution is -2.36. The van der Waals surface area contributed by atoms with E-state index in [-0.39, 0.29) is 0 Å². The Balaban J connectivity index is 2.70. The van der Waals surface area contributed by atoms with Crippen LogP contribution in [0.2, 0.25) is 0 Å². The Kier molecular flexibility index (Phi) is 4.12. The van der Waals surface area contributed by atoms with Gasteiger partial charge in [0.05, 0.1) is 6.04 Å². The van der Waals surface area contributed by atoms with Crippen molar-refractivity contribution in [3.63, 3.8) is 0 Å². The van der Waals surface area contributed by atoms with E-state index in [4.69, 9.17) is 4.74 Å². The molecule has 0 saturated heterocycles. The topological polar surface area (TPSA) is 49.8 Å². The van der Waals surface area contributed by atoms with Crippen molar-refractivity contribution in [2.75, 3.05) is 0 Å². The highest BCUT2D eigenvalue weighted by Gasteiger charge is 2.25. The molecule has 0 aliphatic carbocycles. The third-order valence-electron chi connectivity index (χ3n) is 2.23. The van der Waals surface area contributed by atoms with Gasteiger partial charge in [0.25, 0.3) is 0 Å².